The molecule has 0 aromatic rings. The van der Waals surface area contributed by atoms with Crippen molar-refractivity contribution in [2.75, 3.05) is 6.61 Å². The first-order valence-electron chi connectivity index (χ1n) is 6.69. The van der Waals surface area contributed by atoms with Crippen molar-refractivity contribution in [1.82, 2.24) is 0 Å². The zero-order chi connectivity index (χ0) is 13.1. The van der Waals surface area contributed by atoms with E-state index in [0.29, 0.717) is 12.0 Å². The maximum absolute atomic E-state index is 11.8. The van der Waals surface area contributed by atoms with Crippen molar-refractivity contribution in [3.8, 4) is 0 Å². The molecule has 0 bridgehead atoms. The van der Waals surface area contributed by atoms with E-state index in [2.05, 4.69) is 13.8 Å². The lowest BCUT2D eigenvalue weighted by Gasteiger charge is -2.30. The average molecular weight is 242 g/mol. The van der Waals surface area contributed by atoms with Crippen LogP contribution in [0.3, 0.4) is 0 Å². The Hall–Kier alpha value is -0.570. The van der Waals surface area contributed by atoms with Crippen molar-refractivity contribution in [3.63, 3.8) is 0 Å². The molecule has 0 amide bonds. The van der Waals surface area contributed by atoms with Gasteiger partial charge in [-0.1, -0.05) is 20.3 Å². The van der Waals surface area contributed by atoms with Gasteiger partial charge in [-0.15, -0.1) is 0 Å². The minimum Gasteiger partial charge on any atom is -0.464 e. The Morgan fingerprint density at radius 3 is 2.65 bits per heavy atom. The largest absolute Gasteiger partial charge is 0.464 e. The number of ether oxygens (including phenoxy) is 1. The highest BCUT2D eigenvalue weighted by Gasteiger charge is 2.42. The first-order valence-corrected chi connectivity index (χ1v) is 6.69. The van der Waals surface area contributed by atoms with Crippen LogP contribution in [0, 0.1) is 11.3 Å². The van der Waals surface area contributed by atoms with Crippen LogP contribution in [0.2, 0.25) is 0 Å². The summed E-state index contributed by atoms with van der Waals surface area (Å²) >= 11 is 0. The molecule has 0 aromatic carbocycles. The van der Waals surface area contributed by atoms with Crippen LogP contribution in [0.25, 0.3) is 0 Å². The van der Waals surface area contributed by atoms with Crippen LogP contribution < -0.4 is 0 Å². The number of aliphatic hydroxyl groups is 1. The van der Waals surface area contributed by atoms with Crippen molar-refractivity contribution >= 4 is 5.97 Å². The van der Waals surface area contributed by atoms with Gasteiger partial charge in [0, 0.05) is 0 Å². The summed E-state index contributed by atoms with van der Waals surface area (Å²) in [5.41, 5.74) is -0.990. The molecule has 17 heavy (non-hydrogen) atoms. The van der Waals surface area contributed by atoms with E-state index >= 15 is 0 Å². The molecule has 0 radical (unpaired) electrons. The summed E-state index contributed by atoms with van der Waals surface area (Å²) in [5.74, 6) is -0.437. The smallest absolute Gasteiger partial charge is 0.338 e. The Morgan fingerprint density at radius 2 is 2.06 bits per heavy atom. The topological polar surface area (TPSA) is 46.5 Å². The molecule has 0 aromatic heterocycles. The van der Waals surface area contributed by atoms with Crippen LogP contribution in [-0.2, 0) is 9.53 Å². The monoisotopic (exact) mass is 242 g/mol. The summed E-state index contributed by atoms with van der Waals surface area (Å²) in [5, 5.41) is 10.4. The van der Waals surface area contributed by atoms with Crippen molar-refractivity contribution in [3.05, 3.63) is 0 Å². The molecule has 1 N–H and O–H groups in total. The second-order valence-electron chi connectivity index (χ2n) is 6.16. The highest BCUT2D eigenvalue weighted by atomic mass is 16.5. The van der Waals surface area contributed by atoms with Gasteiger partial charge in [-0.3, -0.25) is 0 Å². The SMILES string of the molecule is CCOC(=O)C(C)(O)C1CCCC(C)(C)CC1. The Balaban J connectivity index is 2.68. The van der Waals surface area contributed by atoms with Gasteiger partial charge in [0.2, 0.25) is 0 Å². The molecule has 3 heteroatoms. The number of rotatable bonds is 3. The molecule has 1 aliphatic rings. The van der Waals surface area contributed by atoms with Gasteiger partial charge in [-0.2, -0.15) is 0 Å². The summed E-state index contributed by atoms with van der Waals surface area (Å²) in [6.07, 6.45) is 5.12. The number of hydrogen-bond acceptors (Lipinski definition) is 3. The molecule has 2 unspecified atom stereocenters. The summed E-state index contributed by atoms with van der Waals surface area (Å²) in [7, 11) is 0. The van der Waals surface area contributed by atoms with E-state index in [4.69, 9.17) is 4.74 Å². The molecule has 0 aliphatic heterocycles. The van der Waals surface area contributed by atoms with Crippen LogP contribution in [0.1, 0.15) is 59.8 Å². The third-order valence-corrected chi connectivity index (χ3v) is 4.06. The van der Waals surface area contributed by atoms with Gasteiger partial charge >= 0.3 is 5.97 Å². The lowest BCUT2D eigenvalue weighted by molar-refractivity contribution is -0.169. The predicted molar refractivity (Wildman–Crippen MR) is 67.6 cm³/mol. The van der Waals surface area contributed by atoms with Crippen LogP contribution >= 0.6 is 0 Å². The van der Waals surface area contributed by atoms with Crippen LogP contribution in [0.15, 0.2) is 0 Å². The molecule has 1 saturated carbocycles. The average Bonchev–Trinajstić information content (AvgIpc) is 2.40. The summed E-state index contributed by atoms with van der Waals surface area (Å²) in [6.45, 7) is 8.22. The molecule has 0 spiro atoms. The quantitative estimate of drug-likeness (QED) is 0.611. The Morgan fingerprint density at radius 1 is 1.41 bits per heavy atom. The molecule has 1 rings (SSSR count). The standard InChI is InChI=1S/C14H26O3/c1-5-17-12(15)14(4,16)11-7-6-9-13(2,3)10-8-11/h11,16H,5-10H2,1-4H3. The van der Waals surface area contributed by atoms with Gasteiger partial charge in [-0.05, 0) is 50.9 Å². The second-order valence-corrected chi connectivity index (χ2v) is 6.16. The zero-order valence-electron chi connectivity index (χ0n) is 11.6. The normalized spacial score (nSPS) is 27.9. The zero-order valence-corrected chi connectivity index (χ0v) is 11.6. The lowest BCUT2D eigenvalue weighted by Crippen LogP contribution is -2.44. The number of esters is 1. The van der Waals surface area contributed by atoms with E-state index in [1.807, 2.05) is 0 Å². The molecule has 0 heterocycles. The van der Waals surface area contributed by atoms with E-state index in [9.17, 15) is 9.90 Å². The molecule has 100 valence electrons. The first-order chi connectivity index (χ1) is 7.79. The summed E-state index contributed by atoms with van der Waals surface area (Å²) in [4.78, 5) is 11.8. The minimum atomic E-state index is -1.32. The fraction of sp³-hybridized carbons (Fsp3) is 0.929. The Kier molecular flexibility index (Phi) is 4.59. The van der Waals surface area contributed by atoms with E-state index < -0.39 is 11.6 Å². The molecule has 0 saturated heterocycles. The molecule has 3 nitrogen and oxygen atoms in total. The molecular weight excluding hydrogens is 216 g/mol. The van der Waals surface area contributed by atoms with Gasteiger partial charge in [-0.25, -0.2) is 4.79 Å². The summed E-state index contributed by atoms with van der Waals surface area (Å²) in [6, 6.07) is 0. The fourth-order valence-electron chi connectivity index (χ4n) is 2.67. The molecule has 1 fully saturated rings. The number of hydrogen-bond donors (Lipinski definition) is 1. The lowest BCUT2D eigenvalue weighted by atomic mass is 9.81. The Bertz CT molecular complexity index is 269. The predicted octanol–water partition coefficient (Wildman–Crippen LogP) is 2.91. The minimum absolute atomic E-state index is 0.0309. The number of carbonyl (C=O) groups is 1. The highest BCUT2D eigenvalue weighted by molar-refractivity contribution is 5.79. The van der Waals surface area contributed by atoms with Crippen molar-refractivity contribution in [2.45, 2.75) is 65.4 Å². The van der Waals surface area contributed by atoms with Gasteiger partial charge in [0.1, 0.15) is 0 Å². The van der Waals surface area contributed by atoms with E-state index in [1.165, 1.54) is 6.42 Å². The van der Waals surface area contributed by atoms with Crippen molar-refractivity contribution in [2.24, 2.45) is 11.3 Å². The molecule has 1 aliphatic carbocycles. The van der Waals surface area contributed by atoms with E-state index in [1.54, 1.807) is 13.8 Å². The van der Waals surface area contributed by atoms with Crippen LogP contribution in [0.5, 0.6) is 0 Å². The second kappa shape index (κ2) is 5.38. The van der Waals surface area contributed by atoms with Gasteiger partial charge in [0.25, 0.3) is 0 Å². The third kappa shape index (κ3) is 3.70. The van der Waals surface area contributed by atoms with Crippen LogP contribution in [0.4, 0.5) is 0 Å². The Labute approximate surface area is 105 Å². The maximum atomic E-state index is 11.8. The van der Waals surface area contributed by atoms with Gasteiger partial charge in [0.15, 0.2) is 5.60 Å². The van der Waals surface area contributed by atoms with E-state index in [-0.39, 0.29) is 5.92 Å². The number of carbonyl (C=O) groups excluding carboxylic acids is 1. The fourth-order valence-corrected chi connectivity index (χ4v) is 2.67. The van der Waals surface area contributed by atoms with Gasteiger partial charge < -0.3 is 9.84 Å². The van der Waals surface area contributed by atoms with Gasteiger partial charge in [0.05, 0.1) is 6.61 Å². The van der Waals surface area contributed by atoms with Crippen molar-refractivity contribution in [1.29, 1.82) is 0 Å². The van der Waals surface area contributed by atoms with Crippen LogP contribution in [-0.4, -0.2) is 23.3 Å². The highest BCUT2D eigenvalue weighted by Crippen LogP contribution is 2.40. The third-order valence-electron chi connectivity index (χ3n) is 4.06. The molecular formula is C14H26O3. The molecule has 2 atom stereocenters. The van der Waals surface area contributed by atoms with E-state index in [0.717, 1.165) is 25.7 Å². The maximum Gasteiger partial charge on any atom is 0.338 e. The first kappa shape index (κ1) is 14.5. The van der Waals surface area contributed by atoms with Crippen molar-refractivity contribution < 1.29 is 14.6 Å². The summed E-state index contributed by atoms with van der Waals surface area (Å²) < 4.78 is 4.96.